The lowest BCUT2D eigenvalue weighted by Gasteiger charge is -2.04. The van der Waals surface area contributed by atoms with E-state index in [-0.39, 0.29) is 0 Å². The van der Waals surface area contributed by atoms with Crippen LogP contribution in [0.5, 0.6) is 0 Å². The molecule has 0 fully saturated rings. The maximum Gasteiger partial charge on any atom is 0.247 e. The molecule has 0 aliphatic carbocycles. The minimum Gasteiger partial charge on any atom is -0.249 e. The first-order valence-corrected chi connectivity index (χ1v) is 3.77. The van der Waals surface area contributed by atoms with Crippen molar-refractivity contribution in [3.05, 3.63) is 16.6 Å². The van der Waals surface area contributed by atoms with Crippen molar-refractivity contribution in [2.45, 2.75) is 19.3 Å². The van der Waals surface area contributed by atoms with Crippen molar-refractivity contribution in [2.75, 3.05) is 0 Å². The molecule has 1 heterocycles. The van der Waals surface area contributed by atoms with E-state index in [1.54, 1.807) is 11.6 Å². The van der Waals surface area contributed by atoms with Crippen LogP contribution in [-0.4, -0.2) is 11.4 Å². The molecule has 0 spiro atoms. The van der Waals surface area contributed by atoms with Gasteiger partial charge in [-0.05, 0) is 0 Å². The van der Waals surface area contributed by atoms with E-state index in [9.17, 15) is 8.78 Å². The number of alkyl halides is 2. The largest absolute Gasteiger partial charge is 0.249 e. The summed E-state index contributed by atoms with van der Waals surface area (Å²) in [6, 6.07) is 0. The smallest absolute Gasteiger partial charge is 0.247 e. The predicted octanol–water partition coefficient (Wildman–Crippen LogP) is 2.51. The van der Waals surface area contributed by atoms with Crippen LogP contribution in [0.3, 0.4) is 0 Å². The summed E-state index contributed by atoms with van der Waals surface area (Å²) in [4.78, 5) is 3.78. The van der Waals surface area contributed by atoms with E-state index in [2.05, 4.69) is 4.98 Å². The molecule has 0 N–H and O–H groups in total. The molecule has 0 bridgehead atoms. The molecular formula is C6H7F2NS. The molecule has 0 amide bonds. The van der Waals surface area contributed by atoms with Crippen LogP contribution in [0.2, 0.25) is 0 Å². The zero-order valence-corrected chi connectivity index (χ0v) is 6.24. The first-order chi connectivity index (χ1) is 4.72. The highest BCUT2D eigenvalue weighted by molar-refractivity contribution is 7.09. The van der Waals surface area contributed by atoms with Gasteiger partial charge in [0.25, 0.3) is 0 Å². The van der Waals surface area contributed by atoms with Crippen LogP contribution in [0, 0.1) is 0 Å². The zero-order chi connectivity index (χ0) is 7.56. The molecule has 1 aromatic rings. The summed E-state index contributed by atoms with van der Waals surface area (Å²) in [5, 5.41) is 2.21. The lowest BCUT2D eigenvalue weighted by atomic mass is 10.2. The molecule has 1 nitrogen and oxygen atoms in total. The Labute approximate surface area is 61.7 Å². The van der Waals surface area contributed by atoms with Gasteiger partial charge in [-0.2, -0.15) is 0 Å². The van der Waals surface area contributed by atoms with Crippen molar-refractivity contribution >= 4 is 11.3 Å². The van der Waals surface area contributed by atoms with E-state index in [1.807, 2.05) is 0 Å². The molecule has 0 aliphatic heterocycles. The molecule has 10 heavy (non-hydrogen) atoms. The molecule has 0 saturated heterocycles. The second-order valence-electron chi connectivity index (χ2n) is 1.99. The van der Waals surface area contributed by atoms with Gasteiger partial charge in [-0.25, -0.2) is 13.8 Å². The van der Waals surface area contributed by atoms with Crippen LogP contribution in [0.1, 0.15) is 17.8 Å². The fourth-order valence-corrected chi connectivity index (χ4v) is 1.27. The topological polar surface area (TPSA) is 12.9 Å². The Morgan fingerprint density at radius 2 is 2.30 bits per heavy atom. The Morgan fingerprint density at radius 1 is 1.60 bits per heavy atom. The summed E-state index contributed by atoms with van der Waals surface area (Å²) in [5.41, 5.74) is 0. The summed E-state index contributed by atoms with van der Waals surface area (Å²) in [5.74, 6) is -0.722. The monoisotopic (exact) mass is 163 g/mol. The number of hydrogen-bond acceptors (Lipinski definition) is 2. The Balaban J connectivity index is 2.68. The zero-order valence-electron chi connectivity index (χ0n) is 5.42. The first-order valence-electron chi connectivity index (χ1n) is 2.89. The van der Waals surface area contributed by atoms with E-state index in [0.29, 0.717) is 5.01 Å². The normalized spacial score (nSPS) is 14.0. The first kappa shape index (κ1) is 7.60. The van der Waals surface area contributed by atoms with Crippen molar-refractivity contribution in [1.29, 1.82) is 0 Å². The van der Waals surface area contributed by atoms with Crippen LogP contribution >= 0.6 is 11.3 Å². The van der Waals surface area contributed by atoms with Crippen LogP contribution in [0.25, 0.3) is 0 Å². The molecule has 1 aromatic heterocycles. The average molecular weight is 163 g/mol. The minimum absolute atomic E-state index is 0.509. The van der Waals surface area contributed by atoms with Gasteiger partial charge in [-0.1, -0.05) is 6.92 Å². The quantitative estimate of drug-likeness (QED) is 0.652. The van der Waals surface area contributed by atoms with Crippen molar-refractivity contribution < 1.29 is 8.78 Å². The molecule has 0 saturated carbocycles. The molecule has 0 aliphatic rings. The predicted molar refractivity (Wildman–Crippen MR) is 36.5 cm³/mol. The van der Waals surface area contributed by atoms with E-state index >= 15 is 0 Å². The third-order valence-corrected chi connectivity index (χ3v) is 2.20. The van der Waals surface area contributed by atoms with Gasteiger partial charge in [0.2, 0.25) is 6.43 Å². The highest BCUT2D eigenvalue weighted by Crippen LogP contribution is 2.23. The van der Waals surface area contributed by atoms with Crippen molar-refractivity contribution in [1.82, 2.24) is 4.98 Å². The molecule has 1 rings (SSSR count). The number of hydrogen-bond donors (Lipinski definition) is 0. The fraction of sp³-hybridized carbons (Fsp3) is 0.500. The van der Waals surface area contributed by atoms with Crippen LogP contribution in [0.15, 0.2) is 11.6 Å². The van der Waals surface area contributed by atoms with E-state index in [0.717, 1.165) is 0 Å². The lowest BCUT2D eigenvalue weighted by molar-refractivity contribution is 0.121. The van der Waals surface area contributed by atoms with E-state index in [1.165, 1.54) is 18.3 Å². The summed E-state index contributed by atoms with van der Waals surface area (Å²) >= 11 is 1.27. The van der Waals surface area contributed by atoms with Gasteiger partial charge >= 0.3 is 0 Å². The number of aromatic nitrogens is 1. The second-order valence-corrected chi connectivity index (χ2v) is 2.92. The van der Waals surface area contributed by atoms with Crippen LogP contribution in [-0.2, 0) is 0 Å². The van der Waals surface area contributed by atoms with Gasteiger partial charge in [0.05, 0.1) is 5.92 Å². The van der Waals surface area contributed by atoms with Gasteiger partial charge in [0, 0.05) is 11.6 Å². The maximum absolute atomic E-state index is 12.0. The van der Waals surface area contributed by atoms with Gasteiger partial charge in [0.1, 0.15) is 5.01 Å². The standard InChI is InChI=1S/C6H7F2NS/c1-4(5(7)8)6-9-2-3-10-6/h2-5H,1H3. The number of nitrogens with zero attached hydrogens (tertiary/aromatic N) is 1. The molecule has 0 aromatic carbocycles. The number of rotatable bonds is 2. The van der Waals surface area contributed by atoms with E-state index in [4.69, 9.17) is 0 Å². The summed E-state index contributed by atoms with van der Waals surface area (Å²) in [6.07, 6.45) is -0.759. The molecule has 1 unspecified atom stereocenters. The Kier molecular flexibility index (Phi) is 2.32. The highest BCUT2D eigenvalue weighted by Gasteiger charge is 2.18. The molecule has 56 valence electrons. The summed E-state index contributed by atoms with van der Waals surface area (Å²) in [6.45, 7) is 1.48. The van der Waals surface area contributed by atoms with Crippen LogP contribution in [0.4, 0.5) is 8.78 Å². The third kappa shape index (κ3) is 1.50. The average Bonchev–Trinajstić information content (AvgIpc) is 2.36. The van der Waals surface area contributed by atoms with Gasteiger partial charge < -0.3 is 0 Å². The molecule has 4 heteroatoms. The van der Waals surface area contributed by atoms with E-state index < -0.39 is 12.3 Å². The maximum atomic E-state index is 12.0. The molecule has 0 radical (unpaired) electrons. The Bertz CT molecular complexity index is 186. The number of thiazole rings is 1. The SMILES string of the molecule is CC(c1nccs1)C(F)F. The Morgan fingerprint density at radius 3 is 2.70 bits per heavy atom. The number of halogens is 2. The van der Waals surface area contributed by atoms with Crippen molar-refractivity contribution in [2.24, 2.45) is 0 Å². The van der Waals surface area contributed by atoms with Gasteiger partial charge in [-0.3, -0.25) is 0 Å². The summed E-state index contributed by atoms with van der Waals surface area (Å²) in [7, 11) is 0. The highest BCUT2D eigenvalue weighted by atomic mass is 32.1. The Hall–Kier alpha value is -0.510. The fourth-order valence-electron chi connectivity index (χ4n) is 0.567. The molecule has 1 atom stereocenters. The second kappa shape index (κ2) is 3.05. The minimum atomic E-state index is -2.30. The van der Waals surface area contributed by atoms with Crippen LogP contribution < -0.4 is 0 Å². The van der Waals surface area contributed by atoms with Crippen molar-refractivity contribution in [3.63, 3.8) is 0 Å². The van der Waals surface area contributed by atoms with Crippen molar-refractivity contribution in [3.8, 4) is 0 Å². The van der Waals surface area contributed by atoms with Gasteiger partial charge in [0.15, 0.2) is 0 Å². The third-order valence-electron chi connectivity index (χ3n) is 1.22. The summed E-state index contributed by atoms with van der Waals surface area (Å²) < 4.78 is 23.9. The lowest BCUT2D eigenvalue weighted by Crippen LogP contribution is -2.03. The molecular weight excluding hydrogens is 156 g/mol. The van der Waals surface area contributed by atoms with Gasteiger partial charge in [-0.15, -0.1) is 11.3 Å².